The summed E-state index contributed by atoms with van der Waals surface area (Å²) in [5, 5.41) is 3.82. The van der Waals surface area contributed by atoms with Gasteiger partial charge < -0.3 is 10.2 Å². The first-order valence-electron chi connectivity index (χ1n) is 8.55. The van der Waals surface area contributed by atoms with Crippen LogP contribution < -0.4 is 5.32 Å². The second kappa shape index (κ2) is 8.50. The summed E-state index contributed by atoms with van der Waals surface area (Å²) in [4.78, 5) is 14.6. The molecule has 2 atom stereocenters. The van der Waals surface area contributed by atoms with E-state index in [2.05, 4.69) is 12.2 Å². The van der Waals surface area contributed by atoms with Crippen molar-refractivity contribution in [3.8, 4) is 0 Å². The summed E-state index contributed by atoms with van der Waals surface area (Å²) in [6.45, 7) is 5.79. The summed E-state index contributed by atoms with van der Waals surface area (Å²) >= 11 is 6.12. The lowest BCUT2D eigenvalue weighted by molar-refractivity contribution is -0.134. The minimum Gasteiger partial charge on any atom is -0.342 e. The van der Waals surface area contributed by atoms with E-state index in [9.17, 15) is 9.18 Å². The minimum atomic E-state index is -0.290. The fraction of sp³-hybridized carbons (Fsp3) is 0.611. The monoisotopic (exact) mass is 374 g/mol. The number of amides is 1. The third kappa shape index (κ3) is 4.22. The standard InChI is InChI=1S/C18H24ClFN2O.ClH/c1-2-21-11-12-6-8-22(9-7-12)18(23)14-10-13(14)17-15(19)4-3-5-16(17)20;/h3-5,12-14,21H,2,6-11H2,1H3;1H. The highest BCUT2D eigenvalue weighted by molar-refractivity contribution is 6.31. The largest absolute Gasteiger partial charge is 0.342 e. The number of carbonyl (C=O) groups is 1. The molecule has 1 saturated carbocycles. The van der Waals surface area contributed by atoms with E-state index in [1.54, 1.807) is 12.1 Å². The van der Waals surface area contributed by atoms with Crippen LogP contribution in [0.3, 0.4) is 0 Å². The van der Waals surface area contributed by atoms with Crippen molar-refractivity contribution in [2.24, 2.45) is 11.8 Å². The topological polar surface area (TPSA) is 32.3 Å². The molecular formula is C18H25Cl2FN2O. The predicted octanol–water partition coefficient (Wildman–Crippen LogP) is 3.85. The van der Waals surface area contributed by atoms with E-state index in [0.717, 1.165) is 45.4 Å². The maximum absolute atomic E-state index is 14.0. The molecule has 0 bridgehead atoms. The van der Waals surface area contributed by atoms with E-state index < -0.39 is 0 Å². The van der Waals surface area contributed by atoms with E-state index in [1.807, 2.05) is 4.90 Å². The summed E-state index contributed by atoms with van der Waals surface area (Å²) in [5.41, 5.74) is 0.523. The number of likely N-dealkylation sites (tertiary alicyclic amines) is 1. The van der Waals surface area contributed by atoms with Gasteiger partial charge in [-0.3, -0.25) is 4.79 Å². The molecule has 2 aliphatic rings. The Morgan fingerprint density at radius 2 is 2.08 bits per heavy atom. The van der Waals surface area contributed by atoms with Crippen molar-refractivity contribution in [3.05, 3.63) is 34.6 Å². The van der Waals surface area contributed by atoms with Crippen molar-refractivity contribution in [1.29, 1.82) is 0 Å². The first-order valence-corrected chi connectivity index (χ1v) is 8.93. The van der Waals surface area contributed by atoms with Crippen LogP contribution in [0, 0.1) is 17.7 Å². The van der Waals surface area contributed by atoms with Crippen molar-refractivity contribution in [1.82, 2.24) is 10.2 Å². The lowest BCUT2D eigenvalue weighted by Crippen LogP contribution is -2.41. The zero-order valence-electron chi connectivity index (χ0n) is 13.9. The lowest BCUT2D eigenvalue weighted by atomic mass is 9.96. The average molecular weight is 375 g/mol. The van der Waals surface area contributed by atoms with Gasteiger partial charge in [0.2, 0.25) is 5.91 Å². The Balaban J connectivity index is 0.00000208. The number of benzene rings is 1. The maximum atomic E-state index is 14.0. The average Bonchev–Trinajstić information content (AvgIpc) is 3.33. The van der Waals surface area contributed by atoms with E-state index in [4.69, 9.17) is 11.6 Å². The normalized spacial score (nSPS) is 23.7. The molecule has 1 aromatic rings. The number of rotatable bonds is 5. The number of nitrogens with zero attached hydrogens (tertiary/aromatic N) is 1. The van der Waals surface area contributed by atoms with Gasteiger partial charge in [-0.15, -0.1) is 12.4 Å². The molecule has 134 valence electrons. The summed E-state index contributed by atoms with van der Waals surface area (Å²) in [6.07, 6.45) is 2.82. The second-order valence-electron chi connectivity index (χ2n) is 6.66. The molecule has 1 amide bonds. The number of halogens is 3. The number of hydrogen-bond acceptors (Lipinski definition) is 2. The first kappa shape index (κ1) is 19.5. The number of piperidine rings is 1. The third-order valence-corrected chi connectivity index (χ3v) is 5.42. The minimum absolute atomic E-state index is 0. The fourth-order valence-corrected chi connectivity index (χ4v) is 3.90. The van der Waals surface area contributed by atoms with Crippen LogP contribution in [0.5, 0.6) is 0 Å². The molecule has 0 radical (unpaired) electrons. The molecule has 1 saturated heterocycles. The number of nitrogens with one attached hydrogen (secondary N) is 1. The fourth-order valence-electron chi connectivity index (χ4n) is 3.59. The van der Waals surface area contributed by atoms with Gasteiger partial charge in [0, 0.05) is 35.5 Å². The SMILES string of the molecule is CCNCC1CCN(C(=O)C2CC2c2c(F)cccc2Cl)CC1.Cl. The third-order valence-electron chi connectivity index (χ3n) is 5.09. The molecule has 1 heterocycles. The second-order valence-corrected chi connectivity index (χ2v) is 7.07. The molecule has 1 N–H and O–H groups in total. The van der Waals surface area contributed by atoms with Gasteiger partial charge in [0.15, 0.2) is 0 Å². The highest BCUT2D eigenvalue weighted by atomic mass is 35.5. The van der Waals surface area contributed by atoms with Gasteiger partial charge in [-0.05, 0) is 50.4 Å². The van der Waals surface area contributed by atoms with Crippen LogP contribution in [0.4, 0.5) is 4.39 Å². The van der Waals surface area contributed by atoms with Crippen LogP contribution >= 0.6 is 24.0 Å². The van der Waals surface area contributed by atoms with Crippen molar-refractivity contribution < 1.29 is 9.18 Å². The van der Waals surface area contributed by atoms with Crippen LogP contribution in [-0.2, 0) is 4.79 Å². The van der Waals surface area contributed by atoms with E-state index >= 15 is 0 Å². The molecule has 6 heteroatoms. The van der Waals surface area contributed by atoms with Gasteiger partial charge in [0.1, 0.15) is 5.82 Å². The Morgan fingerprint density at radius 3 is 2.71 bits per heavy atom. The Kier molecular flexibility index (Phi) is 6.90. The Labute approximate surface area is 154 Å². The van der Waals surface area contributed by atoms with Gasteiger partial charge in [0.25, 0.3) is 0 Å². The predicted molar refractivity (Wildman–Crippen MR) is 97.4 cm³/mol. The van der Waals surface area contributed by atoms with Crippen molar-refractivity contribution in [2.75, 3.05) is 26.2 Å². The van der Waals surface area contributed by atoms with E-state index in [-0.39, 0.29) is 36.0 Å². The molecule has 1 aliphatic carbocycles. The van der Waals surface area contributed by atoms with Crippen molar-refractivity contribution in [3.63, 3.8) is 0 Å². The Bertz CT molecular complexity index is 556. The van der Waals surface area contributed by atoms with Crippen LogP contribution in [0.2, 0.25) is 5.02 Å². The quantitative estimate of drug-likeness (QED) is 0.848. The molecule has 2 fully saturated rings. The van der Waals surface area contributed by atoms with E-state index in [1.165, 1.54) is 6.07 Å². The number of hydrogen-bond donors (Lipinski definition) is 1. The highest BCUT2D eigenvalue weighted by Gasteiger charge is 2.48. The summed E-state index contributed by atoms with van der Waals surface area (Å²) < 4.78 is 14.0. The van der Waals surface area contributed by atoms with Gasteiger partial charge in [-0.2, -0.15) is 0 Å². The van der Waals surface area contributed by atoms with Crippen LogP contribution in [-0.4, -0.2) is 37.0 Å². The molecule has 0 spiro atoms. The molecule has 24 heavy (non-hydrogen) atoms. The van der Waals surface area contributed by atoms with Crippen LogP contribution in [0.25, 0.3) is 0 Å². The zero-order chi connectivity index (χ0) is 16.4. The molecule has 1 aliphatic heterocycles. The smallest absolute Gasteiger partial charge is 0.226 e. The molecule has 1 aromatic carbocycles. The van der Waals surface area contributed by atoms with Gasteiger partial charge in [0.05, 0.1) is 0 Å². The lowest BCUT2D eigenvalue weighted by Gasteiger charge is -2.32. The first-order chi connectivity index (χ1) is 11.1. The summed E-state index contributed by atoms with van der Waals surface area (Å²) in [7, 11) is 0. The molecule has 3 nitrogen and oxygen atoms in total. The molecular weight excluding hydrogens is 350 g/mol. The summed E-state index contributed by atoms with van der Waals surface area (Å²) in [5.74, 6) is 0.416. The Hall–Kier alpha value is -0.840. The van der Waals surface area contributed by atoms with Crippen LogP contribution in [0.15, 0.2) is 18.2 Å². The highest BCUT2D eigenvalue weighted by Crippen LogP contribution is 2.51. The Morgan fingerprint density at radius 1 is 1.38 bits per heavy atom. The maximum Gasteiger partial charge on any atom is 0.226 e. The molecule has 0 aromatic heterocycles. The van der Waals surface area contributed by atoms with Gasteiger partial charge in [-0.25, -0.2) is 4.39 Å². The van der Waals surface area contributed by atoms with Gasteiger partial charge >= 0.3 is 0 Å². The van der Waals surface area contributed by atoms with Crippen molar-refractivity contribution >= 4 is 29.9 Å². The van der Waals surface area contributed by atoms with Gasteiger partial charge in [-0.1, -0.05) is 24.6 Å². The number of carbonyl (C=O) groups excluding carboxylic acids is 1. The van der Waals surface area contributed by atoms with Crippen molar-refractivity contribution in [2.45, 2.75) is 32.1 Å². The van der Waals surface area contributed by atoms with E-state index in [0.29, 0.717) is 16.5 Å². The molecule has 2 unspecified atom stereocenters. The van der Waals surface area contributed by atoms with Crippen LogP contribution in [0.1, 0.15) is 37.7 Å². The molecule has 3 rings (SSSR count). The zero-order valence-corrected chi connectivity index (χ0v) is 15.5. The summed E-state index contributed by atoms with van der Waals surface area (Å²) in [6, 6.07) is 4.73.